The fourth-order valence-electron chi connectivity index (χ4n) is 3.59. The van der Waals surface area contributed by atoms with Crippen molar-refractivity contribution in [1.82, 2.24) is 9.21 Å². The zero-order valence-corrected chi connectivity index (χ0v) is 19.2. The van der Waals surface area contributed by atoms with Crippen molar-refractivity contribution in [3.05, 3.63) is 54.1 Å². The minimum Gasteiger partial charge on any atom is -0.497 e. The van der Waals surface area contributed by atoms with Crippen LogP contribution < -0.4 is 10.1 Å². The largest absolute Gasteiger partial charge is 0.497 e. The van der Waals surface area contributed by atoms with Crippen LogP contribution in [0.15, 0.2) is 53.4 Å². The maximum Gasteiger partial charge on any atom is 0.243 e. The van der Waals surface area contributed by atoms with E-state index in [1.54, 1.807) is 31.4 Å². The molecular weight excluding hydrogens is 414 g/mol. The number of piperazine rings is 1. The molecule has 1 amide bonds. The molecule has 0 unspecified atom stereocenters. The molecular formula is C23H31N3O4S. The van der Waals surface area contributed by atoms with Crippen molar-refractivity contribution in [1.29, 1.82) is 0 Å². The van der Waals surface area contributed by atoms with Crippen molar-refractivity contribution < 1.29 is 17.9 Å². The lowest BCUT2D eigenvalue weighted by Gasteiger charge is -2.33. The molecule has 0 aromatic heterocycles. The SMILES string of the molecule is CC[C@H](C)c1ccc(S(=O)(=O)N2CCN(CC(=O)Nc3cccc(OC)c3)CC2)cc1. The van der Waals surface area contributed by atoms with Gasteiger partial charge in [0.05, 0.1) is 18.6 Å². The molecule has 1 fully saturated rings. The van der Waals surface area contributed by atoms with Crippen molar-refractivity contribution in [2.75, 3.05) is 45.2 Å². The van der Waals surface area contributed by atoms with Crippen LogP contribution >= 0.6 is 0 Å². The Hall–Kier alpha value is -2.42. The molecule has 1 saturated heterocycles. The Balaban J connectivity index is 1.54. The second kappa shape index (κ2) is 10.3. The molecule has 2 aromatic rings. The highest BCUT2D eigenvalue weighted by Gasteiger charge is 2.29. The summed E-state index contributed by atoms with van der Waals surface area (Å²) < 4.78 is 32.6. The molecule has 3 rings (SSSR count). The van der Waals surface area contributed by atoms with Crippen molar-refractivity contribution >= 4 is 21.6 Å². The minimum atomic E-state index is -3.53. The number of rotatable bonds is 8. The first kappa shape index (κ1) is 23.2. The number of ether oxygens (including phenoxy) is 1. The molecule has 0 radical (unpaired) electrons. The van der Waals surface area contributed by atoms with Gasteiger partial charge in [0.2, 0.25) is 15.9 Å². The normalized spacial score (nSPS) is 16.6. The van der Waals surface area contributed by atoms with Crippen LogP contribution in [0.3, 0.4) is 0 Å². The lowest BCUT2D eigenvalue weighted by atomic mass is 9.99. The second-order valence-electron chi connectivity index (χ2n) is 7.84. The van der Waals surface area contributed by atoms with Gasteiger partial charge in [-0.05, 0) is 42.2 Å². The molecule has 2 aromatic carbocycles. The van der Waals surface area contributed by atoms with E-state index in [-0.39, 0.29) is 12.5 Å². The fourth-order valence-corrected chi connectivity index (χ4v) is 5.01. The Morgan fingerprint density at radius 3 is 2.39 bits per heavy atom. The minimum absolute atomic E-state index is 0.134. The predicted octanol–water partition coefficient (Wildman–Crippen LogP) is 3.15. The molecule has 1 aliphatic rings. The summed E-state index contributed by atoms with van der Waals surface area (Å²) in [5.74, 6) is 0.947. The number of benzene rings is 2. The molecule has 168 valence electrons. The molecule has 1 N–H and O–H groups in total. The van der Waals surface area contributed by atoms with E-state index in [1.807, 2.05) is 29.2 Å². The Morgan fingerprint density at radius 2 is 1.77 bits per heavy atom. The topological polar surface area (TPSA) is 79.0 Å². The number of carbonyl (C=O) groups is 1. The van der Waals surface area contributed by atoms with Crippen LogP contribution in [0.4, 0.5) is 5.69 Å². The number of carbonyl (C=O) groups excluding carboxylic acids is 1. The molecule has 0 aliphatic carbocycles. The van der Waals surface area contributed by atoms with Crippen LogP contribution in [0.5, 0.6) is 5.75 Å². The first-order valence-electron chi connectivity index (χ1n) is 10.6. The fraction of sp³-hybridized carbons (Fsp3) is 0.435. The number of hydrogen-bond acceptors (Lipinski definition) is 5. The summed E-state index contributed by atoms with van der Waals surface area (Å²) in [7, 11) is -1.95. The van der Waals surface area contributed by atoms with Gasteiger partial charge >= 0.3 is 0 Å². The van der Waals surface area contributed by atoms with Gasteiger partial charge in [-0.2, -0.15) is 4.31 Å². The smallest absolute Gasteiger partial charge is 0.243 e. The lowest BCUT2D eigenvalue weighted by molar-refractivity contribution is -0.117. The highest BCUT2D eigenvalue weighted by Crippen LogP contribution is 2.23. The molecule has 0 saturated carbocycles. The molecule has 7 nitrogen and oxygen atoms in total. The van der Waals surface area contributed by atoms with Gasteiger partial charge in [-0.25, -0.2) is 8.42 Å². The van der Waals surface area contributed by atoms with Gasteiger partial charge in [0.15, 0.2) is 0 Å². The van der Waals surface area contributed by atoms with Crippen LogP contribution in [0.1, 0.15) is 31.7 Å². The van der Waals surface area contributed by atoms with Crippen molar-refractivity contribution in [2.45, 2.75) is 31.1 Å². The summed E-state index contributed by atoms with van der Waals surface area (Å²) in [5, 5.41) is 2.86. The third-order valence-electron chi connectivity index (χ3n) is 5.75. The van der Waals surface area contributed by atoms with Crippen LogP contribution in [-0.2, 0) is 14.8 Å². The zero-order valence-electron chi connectivity index (χ0n) is 18.4. The average molecular weight is 446 g/mol. The monoisotopic (exact) mass is 445 g/mol. The Bertz CT molecular complexity index is 984. The number of amides is 1. The number of nitrogens with zero attached hydrogens (tertiary/aromatic N) is 2. The van der Waals surface area contributed by atoms with Crippen LogP contribution in [0, 0.1) is 0 Å². The summed E-state index contributed by atoms with van der Waals surface area (Å²) >= 11 is 0. The predicted molar refractivity (Wildman–Crippen MR) is 122 cm³/mol. The maximum absolute atomic E-state index is 13.0. The summed E-state index contributed by atoms with van der Waals surface area (Å²) in [6.07, 6.45) is 1.01. The average Bonchev–Trinajstić information content (AvgIpc) is 2.79. The van der Waals surface area contributed by atoms with E-state index in [2.05, 4.69) is 19.2 Å². The molecule has 0 spiro atoms. The van der Waals surface area contributed by atoms with E-state index in [0.29, 0.717) is 48.4 Å². The molecule has 1 atom stereocenters. The standard InChI is InChI=1S/C23H31N3O4S/c1-4-18(2)19-8-10-22(11-9-19)31(28,29)26-14-12-25(13-15-26)17-23(27)24-20-6-5-7-21(16-20)30-3/h5-11,16,18H,4,12-15,17H2,1-3H3,(H,24,27)/t18-/m0/s1. The van der Waals surface area contributed by atoms with Gasteiger partial charge < -0.3 is 10.1 Å². The van der Waals surface area contributed by atoms with Gasteiger partial charge in [-0.1, -0.05) is 32.0 Å². The molecule has 31 heavy (non-hydrogen) atoms. The van der Waals surface area contributed by atoms with E-state index in [9.17, 15) is 13.2 Å². The van der Waals surface area contributed by atoms with E-state index < -0.39 is 10.0 Å². The second-order valence-corrected chi connectivity index (χ2v) is 9.78. The Labute approximate surface area is 185 Å². The van der Waals surface area contributed by atoms with Crippen LogP contribution in [0.25, 0.3) is 0 Å². The van der Waals surface area contributed by atoms with E-state index >= 15 is 0 Å². The number of nitrogens with one attached hydrogen (secondary N) is 1. The highest BCUT2D eigenvalue weighted by atomic mass is 32.2. The van der Waals surface area contributed by atoms with Crippen LogP contribution in [-0.4, -0.2) is 63.4 Å². The van der Waals surface area contributed by atoms with Gasteiger partial charge in [0.1, 0.15) is 5.75 Å². The van der Waals surface area contributed by atoms with Gasteiger partial charge in [0, 0.05) is 37.9 Å². The Kier molecular flexibility index (Phi) is 7.69. The van der Waals surface area contributed by atoms with Gasteiger partial charge in [0.25, 0.3) is 0 Å². The summed E-state index contributed by atoms with van der Waals surface area (Å²) in [5.41, 5.74) is 1.82. The van der Waals surface area contributed by atoms with Gasteiger partial charge in [-0.3, -0.25) is 9.69 Å². The van der Waals surface area contributed by atoms with Gasteiger partial charge in [-0.15, -0.1) is 0 Å². The number of sulfonamides is 1. The third-order valence-corrected chi connectivity index (χ3v) is 7.66. The van der Waals surface area contributed by atoms with E-state index in [0.717, 1.165) is 12.0 Å². The quantitative estimate of drug-likeness (QED) is 0.675. The van der Waals surface area contributed by atoms with Crippen molar-refractivity contribution in [3.63, 3.8) is 0 Å². The molecule has 0 bridgehead atoms. The zero-order chi connectivity index (χ0) is 22.4. The lowest BCUT2D eigenvalue weighted by Crippen LogP contribution is -2.50. The van der Waals surface area contributed by atoms with E-state index in [4.69, 9.17) is 4.74 Å². The number of anilines is 1. The number of hydrogen-bond donors (Lipinski definition) is 1. The van der Waals surface area contributed by atoms with Crippen LogP contribution in [0.2, 0.25) is 0 Å². The first-order chi connectivity index (χ1) is 14.8. The highest BCUT2D eigenvalue weighted by molar-refractivity contribution is 7.89. The number of methoxy groups -OCH3 is 1. The molecule has 8 heteroatoms. The van der Waals surface area contributed by atoms with E-state index in [1.165, 1.54) is 4.31 Å². The van der Waals surface area contributed by atoms with Crippen molar-refractivity contribution in [2.24, 2.45) is 0 Å². The maximum atomic E-state index is 13.0. The third kappa shape index (κ3) is 5.84. The Morgan fingerprint density at radius 1 is 1.10 bits per heavy atom. The molecule has 1 heterocycles. The first-order valence-corrected chi connectivity index (χ1v) is 12.0. The summed E-state index contributed by atoms with van der Waals surface area (Å²) in [6.45, 7) is 6.21. The molecule has 1 aliphatic heterocycles. The summed E-state index contributed by atoms with van der Waals surface area (Å²) in [4.78, 5) is 14.7. The van der Waals surface area contributed by atoms with Crippen molar-refractivity contribution in [3.8, 4) is 5.75 Å². The summed E-state index contributed by atoms with van der Waals surface area (Å²) in [6, 6.07) is 14.4.